The average molecular weight is 284 g/mol. The quantitative estimate of drug-likeness (QED) is 0.791. The third-order valence-electron chi connectivity index (χ3n) is 3.45. The molecule has 0 fully saturated rings. The predicted octanol–water partition coefficient (Wildman–Crippen LogP) is 3.43. The van der Waals surface area contributed by atoms with Gasteiger partial charge in [-0.05, 0) is 24.5 Å². The fraction of sp³-hybridized carbons (Fsp3) is 0.412. The minimum atomic E-state index is 0.781. The molecule has 21 heavy (non-hydrogen) atoms. The van der Waals surface area contributed by atoms with Gasteiger partial charge in [-0.2, -0.15) is 0 Å². The van der Waals surface area contributed by atoms with Gasteiger partial charge in [-0.15, -0.1) is 0 Å². The monoisotopic (exact) mass is 284 g/mol. The molecular formula is C17H24N4. The number of benzene rings is 1. The maximum absolute atomic E-state index is 6.06. The molecule has 2 rings (SSSR count). The molecule has 1 heterocycles. The van der Waals surface area contributed by atoms with Gasteiger partial charge in [0, 0.05) is 30.5 Å². The van der Waals surface area contributed by atoms with Crippen LogP contribution in [0, 0.1) is 0 Å². The number of nitrogen functional groups attached to an aromatic ring is 1. The van der Waals surface area contributed by atoms with Crippen LogP contribution in [0.1, 0.15) is 37.9 Å². The van der Waals surface area contributed by atoms with Crippen LogP contribution in [0.2, 0.25) is 0 Å². The van der Waals surface area contributed by atoms with E-state index in [1.165, 1.54) is 0 Å². The lowest BCUT2D eigenvalue weighted by molar-refractivity contribution is 0.748. The SMILES string of the molecule is CCCc1cc(N(CCC)Cc2ccccc2N)ncn1. The summed E-state index contributed by atoms with van der Waals surface area (Å²) in [5, 5.41) is 0. The molecule has 0 saturated heterocycles. The molecule has 4 heteroatoms. The molecular weight excluding hydrogens is 260 g/mol. The molecule has 0 aliphatic carbocycles. The molecule has 4 nitrogen and oxygen atoms in total. The third kappa shape index (κ3) is 4.18. The van der Waals surface area contributed by atoms with Crippen molar-refractivity contribution >= 4 is 11.5 Å². The minimum absolute atomic E-state index is 0.781. The van der Waals surface area contributed by atoms with Crippen LogP contribution in [-0.4, -0.2) is 16.5 Å². The van der Waals surface area contributed by atoms with Crippen molar-refractivity contribution < 1.29 is 0 Å². The first-order valence-electron chi connectivity index (χ1n) is 7.63. The van der Waals surface area contributed by atoms with E-state index in [2.05, 4.69) is 40.8 Å². The van der Waals surface area contributed by atoms with E-state index in [1.807, 2.05) is 18.2 Å². The summed E-state index contributed by atoms with van der Waals surface area (Å²) in [6.45, 7) is 6.08. The summed E-state index contributed by atoms with van der Waals surface area (Å²) in [5.41, 5.74) is 9.14. The molecule has 2 aromatic rings. The first kappa shape index (κ1) is 15.3. The van der Waals surface area contributed by atoms with Crippen molar-refractivity contribution in [1.29, 1.82) is 0 Å². The standard InChI is InChI=1S/C17H24N4/c1-3-7-15-11-17(20-13-19-15)21(10-4-2)12-14-8-5-6-9-16(14)18/h5-6,8-9,11,13H,3-4,7,10,12,18H2,1-2H3. The van der Waals surface area contributed by atoms with Crippen LogP contribution in [-0.2, 0) is 13.0 Å². The number of hydrogen-bond acceptors (Lipinski definition) is 4. The molecule has 0 bridgehead atoms. The Hall–Kier alpha value is -2.10. The Morgan fingerprint density at radius 3 is 2.62 bits per heavy atom. The molecule has 0 aliphatic heterocycles. The van der Waals surface area contributed by atoms with Gasteiger partial charge >= 0.3 is 0 Å². The second kappa shape index (κ2) is 7.62. The summed E-state index contributed by atoms with van der Waals surface area (Å²) in [4.78, 5) is 11.0. The lowest BCUT2D eigenvalue weighted by Gasteiger charge is -2.24. The Bertz CT molecular complexity index is 568. The summed E-state index contributed by atoms with van der Waals surface area (Å²) in [6, 6.07) is 10.1. The zero-order valence-corrected chi connectivity index (χ0v) is 12.9. The van der Waals surface area contributed by atoms with Crippen LogP contribution >= 0.6 is 0 Å². The van der Waals surface area contributed by atoms with E-state index in [0.29, 0.717) is 0 Å². The molecule has 112 valence electrons. The van der Waals surface area contributed by atoms with Gasteiger partial charge in [0.1, 0.15) is 12.1 Å². The van der Waals surface area contributed by atoms with E-state index in [1.54, 1.807) is 6.33 Å². The van der Waals surface area contributed by atoms with Gasteiger partial charge in [0.25, 0.3) is 0 Å². The van der Waals surface area contributed by atoms with E-state index in [-0.39, 0.29) is 0 Å². The number of aromatic nitrogens is 2. The minimum Gasteiger partial charge on any atom is -0.398 e. The fourth-order valence-corrected chi connectivity index (χ4v) is 2.38. The lowest BCUT2D eigenvalue weighted by atomic mass is 10.1. The molecule has 0 amide bonds. The van der Waals surface area contributed by atoms with E-state index in [4.69, 9.17) is 5.73 Å². The van der Waals surface area contributed by atoms with Crippen LogP contribution in [0.15, 0.2) is 36.7 Å². The number of nitrogens with two attached hydrogens (primary N) is 1. The molecule has 2 N–H and O–H groups in total. The first-order valence-corrected chi connectivity index (χ1v) is 7.63. The number of rotatable bonds is 7. The number of hydrogen-bond donors (Lipinski definition) is 1. The van der Waals surface area contributed by atoms with Gasteiger partial charge in [-0.3, -0.25) is 0 Å². The second-order valence-corrected chi connectivity index (χ2v) is 5.24. The number of para-hydroxylation sites is 1. The molecule has 0 spiro atoms. The summed E-state index contributed by atoms with van der Waals surface area (Å²) < 4.78 is 0. The van der Waals surface area contributed by atoms with Crippen LogP contribution in [0.3, 0.4) is 0 Å². The molecule has 0 radical (unpaired) electrons. The van der Waals surface area contributed by atoms with Gasteiger partial charge in [0.2, 0.25) is 0 Å². The van der Waals surface area contributed by atoms with Crippen LogP contribution in [0.25, 0.3) is 0 Å². The highest BCUT2D eigenvalue weighted by Gasteiger charge is 2.10. The number of nitrogens with zero attached hydrogens (tertiary/aromatic N) is 3. The lowest BCUT2D eigenvalue weighted by Crippen LogP contribution is -2.25. The number of anilines is 2. The Balaban J connectivity index is 2.22. The Morgan fingerprint density at radius 2 is 1.90 bits per heavy atom. The molecule has 1 aromatic heterocycles. The van der Waals surface area contributed by atoms with Crippen molar-refractivity contribution in [2.75, 3.05) is 17.2 Å². The van der Waals surface area contributed by atoms with Crippen LogP contribution in [0.4, 0.5) is 11.5 Å². The maximum atomic E-state index is 6.06. The Kier molecular flexibility index (Phi) is 5.55. The van der Waals surface area contributed by atoms with Crippen molar-refractivity contribution in [3.63, 3.8) is 0 Å². The summed E-state index contributed by atoms with van der Waals surface area (Å²) in [6.07, 6.45) is 4.82. The third-order valence-corrected chi connectivity index (χ3v) is 3.45. The van der Waals surface area contributed by atoms with E-state index in [0.717, 1.165) is 55.1 Å². The van der Waals surface area contributed by atoms with Crippen molar-refractivity contribution in [2.45, 2.75) is 39.7 Å². The van der Waals surface area contributed by atoms with E-state index >= 15 is 0 Å². The highest BCUT2D eigenvalue weighted by molar-refractivity contribution is 5.49. The molecule has 0 unspecified atom stereocenters. The highest BCUT2D eigenvalue weighted by atomic mass is 15.2. The predicted molar refractivity (Wildman–Crippen MR) is 88.2 cm³/mol. The molecule has 0 aliphatic rings. The van der Waals surface area contributed by atoms with Crippen LogP contribution in [0.5, 0.6) is 0 Å². The van der Waals surface area contributed by atoms with Crippen molar-refractivity contribution in [3.8, 4) is 0 Å². The van der Waals surface area contributed by atoms with Crippen molar-refractivity contribution in [1.82, 2.24) is 9.97 Å². The fourth-order valence-electron chi connectivity index (χ4n) is 2.38. The Labute approximate surface area is 127 Å². The highest BCUT2D eigenvalue weighted by Crippen LogP contribution is 2.19. The Morgan fingerprint density at radius 1 is 1.10 bits per heavy atom. The summed E-state index contributed by atoms with van der Waals surface area (Å²) in [5.74, 6) is 0.985. The topological polar surface area (TPSA) is 55.0 Å². The zero-order chi connectivity index (χ0) is 15.1. The molecule has 0 saturated carbocycles. The second-order valence-electron chi connectivity index (χ2n) is 5.24. The van der Waals surface area contributed by atoms with E-state index < -0.39 is 0 Å². The smallest absolute Gasteiger partial charge is 0.132 e. The van der Waals surface area contributed by atoms with Gasteiger partial charge in [-0.1, -0.05) is 38.5 Å². The largest absolute Gasteiger partial charge is 0.398 e. The number of aryl methyl sites for hydroxylation is 1. The maximum Gasteiger partial charge on any atom is 0.132 e. The van der Waals surface area contributed by atoms with E-state index in [9.17, 15) is 0 Å². The van der Waals surface area contributed by atoms with Gasteiger partial charge in [0.15, 0.2) is 0 Å². The molecule has 1 aromatic carbocycles. The summed E-state index contributed by atoms with van der Waals surface area (Å²) in [7, 11) is 0. The van der Waals surface area contributed by atoms with Gasteiger partial charge < -0.3 is 10.6 Å². The van der Waals surface area contributed by atoms with Crippen molar-refractivity contribution in [3.05, 3.63) is 47.9 Å². The van der Waals surface area contributed by atoms with Gasteiger partial charge in [-0.25, -0.2) is 9.97 Å². The van der Waals surface area contributed by atoms with Gasteiger partial charge in [0.05, 0.1) is 0 Å². The first-order chi connectivity index (χ1) is 10.2. The van der Waals surface area contributed by atoms with Crippen LogP contribution < -0.4 is 10.6 Å². The average Bonchev–Trinajstić information content (AvgIpc) is 2.49. The summed E-state index contributed by atoms with van der Waals surface area (Å²) >= 11 is 0. The van der Waals surface area contributed by atoms with Crippen molar-refractivity contribution in [2.24, 2.45) is 0 Å². The normalized spacial score (nSPS) is 10.6. The zero-order valence-electron chi connectivity index (χ0n) is 12.9. The molecule has 0 atom stereocenters.